The first-order valence-electron chi connectivity index (χ1n) is 10.5. The van der Waals surface area contributed by atoms with Gasteiger partial charge in [-0.15, -0.1) is 0 Å². The molecule has 2 heterocycles. The highest BCUT2D eigenvalue weighted by atomic mass is 16.4. The number of fused-ring (bicyclic) bond motifs is 1. The second-order valence-electron chi connectivity index (χ2n) is 8.31. The van der Waals surface area contributed by atoms with Crippen molar-refractivity contribution in [2.75, 3.05) is 18.0 Å². The summed E-state index contributed by atoms with van der Waals surface area (Å²) < 4.78 is 0. The lowest BCUT2D eigenvalue weighted by molar-refractivity contribution is 0.0691. The smallest absolute Gasteiger partial charge is 0.345 e. The van der Waals surface area contributed by atoms with Crippen molar-refractivity contribution in [2.24, 2.45) is 17.8 Å². The summed E-state index contributed by atoms with van der Waals surface area (Å²) in [7, 11) is 0. The van der Waals surface area contributed by atoms with E-state index in [2.05, 4.69) is 28.9 Å². The van der Waals surface area contributed by atoms with Crippen LogP contribution in [0.15, 0.2) is 29.1 Å². The third kappa shape index (κ3) is 3.30. The number of nitrogens with zero attached hydrogens (tertiary/aromatic N) is 1. The third-order valence-corrected chi connectivity index (χ3v) is 6.91. The number of aromatic carboxylic acids is 1. The molecule has 0 unspecified atom stereocenters. The Morgan fingerprint density at radius 1 is 1.17 bits per heavy atom. The standard InChI is InChI=1S/C23H28N2O4/c1-3-13-5-6-15-11-25(12-18(13)15)16-9-7-14(8-10-16)20-17(4-2)21(26)19(23(28)29)22(27)24-20/h7-10,13,15,18H,3-6,11-12H2,1-2H3,(H,28,29)(H2,24,26,27)/t13-,15-,18-/m1/s1. The van der Waals surface area contributed by atoms with E-state index in [9.17, 15) is 19.8 Å². The van der Waals surface area contributed by atoms with E-state index < -0.39 is 22.8 Å². The number of anilines is 1. The molecule has 0 spiro atoms. The molecular weight excluding hydrogens is 368 g/mol. The largest absolute Gasteiger partial charge is 0.506 e. The van der Waals surface area contributed by atoms with E-state index in [1.54, 1.807) is 0 Å². The Morgan fingerprint density at radius 3 is 2.52 bits per heavy atom. The lowest BCUT2D eigenvalue weighted by atomic mass is 9.91. The van der Waals surface area contributed by atoms with Crippen LogP contribution in [0.3, 0.4) is 0 Å². The fourth-order valence-corrected chi connectivity index (χ4v) is 5.35. The molecule has 1 saturated carbocycles. The fraction of sp³-hybridized carbons (Fsp3) is 0.478. The Hall–Kier alpha value is -2.76. The predicted molar refractivity (Wildman–Crippen MR) is 113 cm³/mol. The molecule has 4 rings (SSSR count). The molecule has 6 heteroatoms. The van der Waals surface area contributed by atoms with Crippen LogP contribution in [0.5, 0.6) is 5.75 Å². The topological polar surface area (TPSA) is 93.6 Å². The summed E-state index contributed by atoms with van der Waals surface area (Å²) in [4.78, 5) is 28.6. The summed E-state index contributed by atoms with van der Waals surface area (Å²) in [5, 5.41) is 19.5. The van der Waals surface area contributed by atoms with Gasteiger partial charge >= 0.3 is 5.97 Å². The van der Waals surface area contributed by atoms with Gasteiger partial charge in [0.15, 0.2) is 5.56 Å². The lowest BCUT2D eigenvalue weighted by Gasteiger charge is -2.22. The van der Waals surface area contributed by atoms with Crippen molar-refractivity contribution in [1.29, 1.82) is 0 Å². The maximum Gasteiger partial charge on any atom is 0.345 e. The Balaban J connectivity index is 1.62. The normalized spacial score (nSPS) is 23.4. The third-order valence-electron chi connectivity index (χ3n) is 6.91. The number of hydrogen-bond acceptors (Lipinski definition) is 4. The van der Waals surface area contributed by atoms with Crippen LogP contribution in [0, 0.1) is 17.8 Å². The zero-order chi connectivity index (χ0) is 20.7. The number of nitrogens with one attached hydrogen (secondary N) is 1. The summed E-state index contributed by atoms with van der Waals surface area (Å²) in [6.07, 6.45) is 4.36. The zero-order valence-corrected chi connectivity index (χ0v) is 16.9. The molecule has 3 atom stereocenters. The van der Waals surface area contributed by atoms with E-state index in [-0.39, 0.29) is 0 Å². The summed E-state index contributed by atoms with van der Waals surface area (Å²) in [5.74, 6) is 0.565. The Labute approximate surface area is 170 Å². The molecule has 1 saturated heterocycles. The minimum Gasteiger partial charge on any atom is -0.506 e. The highest BCUT2D eigenvalue weighted by molar-refractivity contribution is 5.92. The number of aromatic hydroxyl groups is 1. The lowest BCUT2D eigenvalue weighted by Crippen LogP contribution is -2.22. The van der Waals surface area contributed by atoms with Gasteiger partial charge in [-0.25, -0.2) is 4.79 Å². The van der Waals surface area contributed by atoms with Crippen molar-refractivity contribution in [3.05, 3.63) is 45.7 Å². The first-order chi connectivity index (χ1) is 13.9. The first kappa shape index (κ1) is 19.6. The quantitative estimate of drug-likeness (QED) is 0.713. The van der Waals surface area contributed by atoms with Gasteiger partial charge in [0.1, 0.15) is 5.75 Å². The zero-order valence-electron chi connectivity index (χ0n) is 16.9. The molecule has 6 nitrogen and oxygen atoms in total. The molecule has 2 aromatic rings. The molecule has 3 N–H and O–H groups in total. The van der Waals surface area contributed by atoms with Gasteiger partial charge < -0.3 is 20.1 Å². The van der Waals surface area contributed by atoms with Crippen LogP contribution >= 0.6 is 0 Å². The second kappa shape index (κ2) is 7.58. The average molecular weight is 396 g/mol. The number of hydrogen-bond donors (Lipinski definition) is 3. The van der Waals surface area contributed by atoms with E-state index in [4.69, 9.17) is 0 Å². The van der Waals surface area contributed by atoms with Crippen molar-refractivity contribution >= 4 is 11.7 Å². The minimum absolute atomic E-state index is 0.411. The molecule has 1 aromatic carbocycles. The predicted octanol–water partition coefficient (Wildman–Crippen LogP) is 3.88. The van der Waals surface area contributed by atoms with Crippen LogP contribution < -0.4 is 10.5 Å². The number of aromatic amines is 1. The minimum atomic E-state index is -1.43. The molecule has 154 valence electrons. The van der Waals surface area contributed by atoms with Crippen LogP contribution in [0.1, 0.15) is 49.0 Å². The summed E-state index contributed by atoms with van der Waals surface area (Å²) in [5.41, 5.74) is 1.47. The Kier molecular flexibility index (Phi) is 5.11. The number of H-pyrrole nitrogens is 1. The van der Waals surface area contributed by atoms with Gasteiger partial charge in [0.2, 0.25) is 0 Å². The molecule has 1 aliphatic carbocycles. The van der Waals surface area contributed by atoms with Crippen molar-refractivity contribution in [3.8, 4) is 17.0 Å². The molecule has 0 bridgehead atoms. The molecule has 2 aliphatic rings. The number of benzene rings is 1. The van der Waals surface area contributed by atoms with Gasteiger partial charge in [0, 0.05) is 24.3 Å². The van der Waals surface area contributed by atoms with E-state index in [0.717, 1.165) is 36.4 Å². The molecule has 2 fully saturated rings. The Bertz CT molecular complexity index is 980. The fourth-order valence-electron chi connectivity index (χ4n) is 5.35. The van der Waals surface area contributed by atoms with E-state index in [1.165, 1.54) is 24.9 Å². The van der Waals surface area contributed by atoms with Crippen molar-refractivity contribution in [3.63, 3.8) is 0 Å². The number of carboxylic acids is 1. The van der Waals surface area contributed by atoms with Gasteiger partial charge in [-0.2, -0.15) is 0 Å². The van der Waals surface area contributed by atoms with Gasteiger partial charge in [-0.3, -0.25) is 4.79 Å². The molecular formula is C23H28N2O4. The number of pyridine rings is 1. The maximum absolute atomic E-state index is 12.2. The van der Waals surface area contributed by atoms with Crippen molar-refractivity contribution in [1.82, 2.24) is 4.98 Å². The summed E-state index contributed by atoms with van der Waals surface area (Å²) >= 11 is 0. The molecule has 29 heavy (non-hydrogen) atoms. The second-order valence-corrected chi connectivity index (χ2v) is 8.31. The van der Waals surface area contributed by atoms with Gasteiger partial charge in [-0.1, -0.05) is 32.4 Å². The number of rotatable bonds is 5. The number of carbonyl (C=O) groups is 1. The highest BCUT2D eigenvalue weighted by Gasteiger charge is 2.41. The van der Waals surface area contributed by atoms with Crippen LogP contribution in [0.4, 0.5) is 5.69 Å². The Morgan fingerprint density at radius 2 is 1.90 bits per heavy atom. The van der Waals surface area contributed by atoms with E-state index in [1.807, 2.05) is 19.1 Å². The van der Waals surface area contributed by atoms with Crippen molar-refractivity contribution in [2.45, 2.75) is 39.5 Å². The van der Waals surface area contributed by atoms with E-state index in [0.29, 0.717) is 17.7 Å². The number of aromatic nitrogens is 1. The van der Waals surface area contributed by atoms with E-state index >= 15 is 0 Å². The van der Waals surface area contributed by atoms with Crippen LogP contribution in [-0.4, -0.2) is 34.3 Å². The van der Waals surface area contributed by atoms with Crippen molar-refractivity contribution < 1.29 is 15.0 Å². The molecule has 0 amide bonds. The van der Waals surface area contributed by atoms with Crippen LogP contribution in [0.25, 0.3) is 11.3 Å². The summed E-state index contributed by atoms with van der Waals surface area (Å²) in [6.45, 7) is 6.32. The monoisotopic (exact) mass is 396 g/mol. The molecule has 1 aromatic heterocycles. The number of carboxylic acid groups (broad SMARTS) is 1. The van der Waals surface area contributed by atoms with Crippen LogP contribution in [0.2, 0.25) is 0 Å². The van der Waals surface area contributed by atoms with Gasteiger partial charge in [-0.05, 0) is 54.7 Å². The maximum atomic E-state index is 12.2. The first-order valence-corrected chi connectivity index (χ1v) is 10.5. The van der Waals surface area contributed by atoms with Gasteiger partial charge in [0.25, 0.3) is 5.56 Å². The molecule has 0 radical (unpaired) electrons. The average Bonchev–Trinajstić information content (AvgIpc) is 3.28. The highest BCUT2D eigenvalue weighted by Crippen LogP contribution is 2.45. The summed E-state index contributed by atoms with van der Waals surface area (Å²) in [6, 6.07) is 7.98. The van der Waals surface area contributed by atoms with Crippen LogP contribution in [-0.2, 0) is 6.42 Å². The van der Waals surface area contributed by atoms with Gasteiger partial charge in [0.05, 0.1) is 5.69 Å². The molecule has 1 aliphatic heterocycles. The SMILES string of the molecule is CCc1c(-c2ccc(N3C[C@H]4CC[C@@H](CC)[C@H]4C3)cc2)[nH]c(=O)c(C(=O)O)c1O.